The number of nitrogens with two attached hydrogens (primary N) is 1. The summed E-state index contributed by atoms with van der Waals surface area (Å²) in [5.74, 6) is -122. The number of hydrogen-bond acceptors (Lipinski definition) is 3. The molecule has 93 heavy (non-hydrogen) atoms. The second kappa shape index (κ2) is 34.7. The van der Waals surface area contributed by atoms with E-state index < -0.39 is 225 Å². The van der Waals surface area contributed by atoms with Gasteiger partial charge in [0.2, 0.25) is 0 Å². The molecule has 2 aliphatic rings. The van der Waals surface area contributed by atoms with Gasteiger partial charge in [-0.05, 0) is 106 Å². The van der Waals surface area contributed by atoms with Crippen LogP contribution in [0, 0.1) is 239 Å². The molecule has 0 unspecified atom stereocenters. The molecule has 11 radical (unpaired) electrons. The summed E-state index contributed by atoms with van der Waals surface area (Å²) in [4.78, 5) is 0. The van der Waals surface area contributed by atoms with E-state index in [1.54, 1.807) is 27.7 Å². The van der Waals surface area contributed by atoms with Crippen molar-refractivity contribution in [1.82, 2.24) is 0 Å². The van der Waals surface area contributed by atoms with Gasteiger partial charge in [0.05, 0.1) is 0 Å². The fourth-order valence-corrected chi connectivity index (χ4v) is 8.85. The smallest absolute Gasteiger partial charge is 0.718 e. The Morgan fingerprint density at radius 2 is 0.333 bits per heavy atom. The molecule has 2 aliphatic carbocycles. The first kappa shape index (κ1) is 83.2. The van der Waals surface area contributed by atoms with Crippen molar-refractivity contribution in [2.45, 2.75) is 53.8 Å². The summed E-state index contributed by atoms with van der Waals surface area (Å²) < 4.78 is 474. The van der Waals surface area contributed by atoms with E-state index in [0.29, 0.717) is 0 Å². The molecule has 4 nitrogen and oxygen atoms in total. The summed E-state index contributed by atoms with van der Waals surface area (Å²) >= 11 is 0. The molecular formula is C56H38B2F30NO3Zr+2. The molecule has 6 aromatic carbocycles. The van der Waals surface area contributed by atoms with Crippen molar-refractivity contribution in [2.75, 3.05) is 13.2 Å². The predicted octanol–water partition coefficient (Wildman–Crippen LogP) is 10.9. The van der Waals surface area contributed by atoms with Gasteiger partial charge in [-0.1, -0.05) is 32.8 Å². The van der Waals surface area contributed by atoms with Gasteiger partial charge in [-0.15, -0.1) is 0 Å². The van der Waals surface area contributed by atoms with Crippen LogP contribution < -0.4 is 37.9 Å². The Kier molecular flexibility index (Phi) is 31.0. The monoisotopic (exact) mass is 1450 g/mol. The molecule has 503 valence electrons. The van der Waals surface area contributed by atoms with Gasteiger partial charge in [-0.3, -0.25) is 0 Å². The topological polar surface area (TPSA) is 66.3 Å². The van der Waals surface area contributed by atoms with Crippen molar-refractivity contribution < 1.29 is 178 Å². The summed E-state index contributed by atoms with van der Waals surface area (Å²) in [6.45, 7) is 12.6. The Hall–Kier alpha value is -5.93. The van der Waals surface area contributed by atoms with E-state index in [0.717, 1.165) is 13.2 Å². The number of halogens is 30. The third-order valence-electron chi connectivity index (χ3n) is 12.3. The second-order valence-electron chi connectivity index (χ2n) is 18.9. The van der Waals surface area contributed by atoms with Crippen LogP contribution in [0.5, 0.6) is 0 Å². The molecule has 0 aliphatic heterocycles. The van der Waals surface area contributed by atoms with Crippen molar-refractivity contribution >= 4 is 45.3 Å². The van der Waals surface area contributed by atoms with Crippen molar-refractivity contribution in [1.29, 1.82) is 0 Å². The van der Waals surface area contributed by atoms with Crippen LogP contribution in [0.15, 0.2) is 0 Å². The molecule has 0 bridgehead atoms. The van der Waals surface area contributed by atoms with Gasteiger partial charge >= 0.3 is 26.2 Å². The van der Waals surface area contributed by atoms with Crippen LogP contribution >= 0.6 is 0 Å². The van der Waals surface area contributed by atoms with Gasteiger partial charge in [0, 0.05) is 25.4 Å². The number of benzene rings is 6. The summed E-state index contributed by atoms with van der Waals surface area (Å²) in [6.07, 6.45) is 3.26. The minimum absolute atomic E-state index is 0. The zero-order valence-electron chi connectivity index (χ0n) is 47.2. The third-order valence-corrected chi connectivity index (χ3v) is 12.3. The van der Waals surface area contributed by atoms with Crippen molar-refractivity contribution in [3.8, 4) is 0 Å². The van der Waals surface area contributed by atoms with E-state index in [9.17, 15) is 26.3 Å². The summed E-state index contributed by atoms with van der Waals surface area (Å²) in [6, 6.07) is 0. The molecular weight excluding hydrogens is 1420 g/mol. The maximum atomic E-state index is 16.5. The minimum atomic E-state index is -8.20. The molecule has 6 aromatic rings. The normalized spacial score (nSPS) is 12.9. The Labute approximate surface area is 527 Å². The van der Waals surface area contributed by atoms with Crippen LogP contribution in [0.25, 0.3) is 0 Å². The van der Waals surface area contributed by atoms with Gasteiger partial charge in [0.15, 0.2) is 105 Å². The van der Waals surface area contributed by atoms with Crippen LogP contribution in [0.3, 0.4) is 0 Å². The van der Waals surface area contributed by atoms with Crippen LogP contribution in [-0.4, -0.2) is 48.2 Å². The van der Waals surface area contributed by atoms with Crippen LogP contribution in [0.1, 0.15) is 41.5 Å². The van der Waals surface area contributed by atoms with Crippen molar-refractivity contribution in [3.63, 3.8) is 0 Å². The van der Waals surface area contributed by atoms with Gasteiger partial charge in [0.25, 0.3) is 12.6 Å². The number of aliphatic hydroxyl groups is 2. The van der Waals surface area contributed by atoms with Crippen LogP contribution in [0.2, 0.25) is 0 Å². The SMILES string of the molecule is CC(C)O.CC(C)O.CCOCC.Fc1c(F)c(F)c([B-]([NH2+][B-](c2c(F)c(F)c(F)c(F)c2F)(c2c(F)c(F)c(F)c(F)c2F)c2c(F)c(F)c(F)c(F)c2F)(c2c(F)c(F)c(F)c(F)c2F)c2c(F)c(F)c(F)c(F)c2F)c(F)c1F.[CH]1[CH][CH][CH][CH]1.[CH]1[CH][CH][CH][CH]1.[Zr+3]. The molecule has 0 saturated heterocycles. The number of rotatable bonds is 10. The minimum Gasteiger partial charge on any atom is -0.718 e. The number of hydrogen-bond donors (Lipinski definition) is 3. The Morgan fingerprint density at radius 3 is 0.409 bits per heavy atom. The van der Waals surface area contributed by atoms with Crippen LogP contribution in [-0.2, 0) is 30.9 Å². The van der Waals surface area contributed by atoms with Gasteiger partial charge in [-0.25, -0.2) is 132 Å². The second-order valence-corrected chi connectivity index (χ2v) is 18.9. The molecule has 0 atom stereocenters. The summed E-state index contributed by atoms with van der Waals surface area (Å²) in [5.41, 5.74) is -25.2. The molecule has 4 N–H and O–H groups in total. The van der Waals surface area contributed by atoms with E-state index >= 15 is 105 Å². The van der Waals surface area contributed by atoms with E-state index in [-0.39, 0.29) is 38.4 Å². The summed E-state index contributed by atoms with van der Waals surface area (Å²) in [7, 11) is 0. The van der Waals surface area contributed by atoms with Crippen molar-refractivity contribution in [3.05, 3.63) is 239 Å². The van der Waals surface area contributed by atoms with Crippen LogP contribution in [0.4, 0.5) is 132 Å². The fraction of sp³-hybridized carbons (Fsp3) is 0.179. The average Bonchev–Trinajstić information content (AvgIpc) is 1.31. The molecule has 0 heterocycles. The van der Waals surface area contributed by atoms with E-state index in [2.05, 4.69) is 0 Å². The first-order valence-electron chi connectivity index (χ1n) is 25.2. The Balaban J connectivity index is 0.00000104. The first-order valence-corrected chi connectivity index (χ1v) is 25.2. The quantitative estimate of drug-likeness (QED) is 0.0554. The fourth-order valence-electron chi connectivity index (χ4n) is 8.85. The first-order chi connectivity index (χ1) is 42.6. The zero-order chi connectivity index (χ0) is 70.8. The van der Waals surface area contributed by atoms with E-state index in [1.807, 2.05) is 78.1 Å². The molecule has 2 fully saturated rings. The predicted molar refractivity (Wildman–Crippen MR) is 269 cm³/mol. The number of quaternary nitrogens is 1. The molecule has 37 heteroatoms. The molecule has 0 amide bonds. The van der Waals surface area contributed by atoms with Gasteiger partial charge in [0.1, 0.15) is 69.8 Å². The number of ether oxygens (including phenoxy) is 1. The largest absolute Gasteiger partial charge is 3.00 e. The Morgan fingerprint density at radius 1 is 0.247 bits per heavy atom. The molecule has 0 spiro atoms. The zero-order valence-corrected chi connectivity index (χ0v) is 49.7. The van der Waals surface area contributed by atoms with Crippen molar-refractivity contribution in [2.24, 2.45) is 0 Å². The van der Waals surface area contributed by atoms with E-state index in [1.165, 1.54) is 0 Å². The standard InChI is InChI=1S/C36H2B2F30N.2C5H5.C4H10O.2C3H8O.Zr/c39-7-1(8(40)20(52)31(63)19(7)51)37(2-9(41)21(53)32(64)22(54)10(2)42,3-11(43)23(55)33(65)24(56)12(3)44)69-38(4-13(45)25(57)34(66)26(58)14(4)46,5-15(47)27(59)35(67)28(60)16(5)48)6-17(49)29(61)36(68)30(62)18(6)50;2*1-2-4-5-3-1;1-3-5-4-2;2*1-3(2)4;/h69H2;2*1-5H;3-4H2,1-2H3;2*3-4H,1-2H3;/q-1;;;;;;+3. The molecule has 2 saturated carbocycles. The molecule has 8 rings (SSSR count). The number of aliphatic hydroxyl groups excluding tert-OH is 2. The van der Waals surface area contributed by atoms with Gasteiger partial charge in [-0.2, -0.15) is 0 Å². The Bertz CT molecular complexity index is 2900. The van der Waals surface area contributed by atoms with E-state index in [4.69, 9.17) is 14.9 Å². The molecule has 0 aromatic heterocycles. The third kappa shape index (κ3) is 16.5. The summed E-state index contributed by atoms with van der Waals surface area (Å²) in [5, 5.41) is 13.7. The van der Waals surface area contributed by atoms with Gasteiger partial charge < -0.3 is 20.1 Å². The average molecular weight is 1460 g/mol. The maximum absolute atomic E-state index is 16.5. The maximum Gasteiger partial charge on any atom is 3.00 e.